The van der Waals surface area contributed by atoms with Gasteiger partial charge in [-0.25, -0.2) is 4.79 Å². The minimum absolute atomic E-state index is 0.0854. The second-order valence-corrected chi connectivity index (χ2v) is 4.88. The summed E-state index contributed by atoms with van der Waals surface area (Å²) >= 11 is 6.14. The number of halogens is 1. The van der Waals surface area contributed by atoms with Gasteiger partial charge in [-0.15, -0.1) is 0 Å². The van der Waals surface area contributed by atoms with E-state index in [0.717, 1.165) is 11.1 Å². The van der Waals surface area contributed by atoms with E-state index in [1.54, 1.807) is 19.1 Å². The lowest BCUT2D eigenvalue weighted by atomic mass is 10.0. The molecule has 0 unspecified atom stereocenters. The molecule has 1 aliphatic rings. The molecule has 1 aliphatic carbocycles. The number of ether oxygens (including phenoxy) is 1. The molecule has 0 bridgehead atoms. The van der Waals surface area contributed by atoms with Gasteiger partial charge in [0, 0.05) is 11.1 Å². The molecule has 0 amide bonds. The fraction of sp³-hybridized carbons (Fsp3) is 0.125. The predicted octanol–water partition coefficient (Wildman–Crippen LogP) is 3.73. The molecule has 0 fully saturated rings. The third-order valence-corrected chi connectivity index (χ3v) is 3.62. The highest BCUT2D eigenvalue weighted by atomic mass is 35.5. The van der Waals surface area contributed by atoms with Crippen molar-refractivity contribution in [3.05, 3.63) is 58.1 Å². The number of ketones is 1. The van der Waals surface area contributed by atoms with E-state index < -0.39 is 5.97 Å². The molecule has 0 spiro atoms. The van der Waals surface area contributed by atoms with Gasteiger partial charge in [0.2, 0.25) is 0 Å². The Bertz CT molecular complexity index is 734. The van der Waals surface area contributed by atoms with Crippen molar-refractivity contribution in [2.24, 2.45) is 0 Å². The van der Waals surface area contributed by atoms with Gasteiger partial charge in [0.05, 0.1) is 17.2 Å². The smallest absolute Gasteiger partial charge is 0.339 e. The minimum atomic E-state index is -0.510. The number of carbonyl (C=O) groups excluding carboxylic acids is 2. The van der Waals surface area contributed by atoms with Crippen LogP contribution in [0.25, 0.3) is 11.1 Å². The maximum absolute atomic E-state index is 12.3. The molecule has 0 aliphatic heterocycles. The number of esters is 1. The Morgan fingerprint density at radius 3 is 2.50 bits per heavy atom. The van der Waals surface area contributed by atoms with Crippen LogP contribution < -0.4 is 0 Å². The molecule has 2 aromatic rings. The van der Waals surface area contributed by atoms with Crippen molar-refractivity contribution in [3.63, 3.8) is 0 Å². The first-order valence-corrected chi connectivity index (χ1v) is 6.66. The van der Waals surface area contributed by atoms with Crippen molar-refractivity contribution in [1.82, 2.24) is 0 Å². The number of hydrogen-bond acceptors (Lipinski definition) is 3. The van der Waals surface area contributed by atoms with Crippen LogP contribution in [0.1, 0.15) is 33.2 Å². The van der Waals surface area contributed by atoms with Gasteiger partial charge >= 0.3 is 5.97 Å². The van der Waals surface area contributed by atoms with Gasteiger partial charge in [0.15, 0.2) is 5.78 Å². The van der Waals surface area contributed by atoms with E-state index >= 15 is 0 Å². The van der Waals surface area contributed by atoms with Crippen LogP contribution in [0.2, 0.25) is 5.02 Å². The first-order chi connectivity index (χ1) is 9.63. The van der Waals surface area contributed by atoms with Gasteiger partial charge in [-0.2, -0.15) is 0 Å². The number of carbonyl (C=O) groups is 2. The summed E-state index contributed by atoms with van der Waals surface area (Å²) in [5.74, 6) is -0.595. The largest absolute Gasteiger partial charge is 0.462 e. The fourth-order valence-corrected chi connectivity index (χ4v) is 2.65. The Morgan fingerprint density at radius 2 is 1.80 bits per heavy atom. The second-order valence-electron chi connectivity index (χ2n) is 4.47. The molecule has 20 heavy (non-hydrogen) atoms. The maximum atomic E-state index is 12.3. The van der Waals surface area contributed by atoms with E-state index in [4.69, 9.17) is 16.3 Å². The second kappa shape index (κ2) is 4.76. The molecule has 3 rings (SSSR count). The SMILES string of the molecule is CCOC(=O)c1cc2c(cc1Cl)-c1ccccc1C2=O. The van der Waals surface area contributed by atoms with Crippen molar-refractivity contribution >= 4 is 23.4 Å². The highest BCUT2D eigenvalue weighted by Gasteiger charge is 2.28. The zero-order valence-electron chi connectivity index (χ0n) is 10.8. The molecular weight excluding hydrogens is 276 g/mol. The van der Waals surface area contributed by atoms with Crippen molar-refractivity contribution in [2.75, 3.05) is 6.61 Å². The van der Waals surface area contributed by atoms with Gasteiger partial charge in [0.1, 0.15) is 0 Å². The molecule has 0 saturated carbocycles. The average molecular weight is 287 g/mol. The lowest BCUT2D eigenvalue weighted by molar-refractivity contribution is 0.0526. The summed E-state index contributed by atoms with van der Waals surface area (Å²) in [5, 5.41) is 0.298. The number of benzene rings is 2. The van der Waals surface area contributed by atoms with E-state index in [0.29, 0.717) is 16.1 Å². The molecule has 0 atom stereocenters. The van der Waals surface area contributed by atoms with Crippen LogP contribution in [-0.4, -0.2) is 18.4 Å². The first-order valence-electron chi connectivity index (χ1n) is 6.28. The normalized spacial score (nSPS) is 12.0. The van der Waals surface area contributed by atoms with E-state index in [1.807, 2.05) is 18.2 Å². The lowest BCUT2D eigenvalue weighted by Gasteiger charge is -2.07. The fourth-order valence-electron chi connectivity index (χ4n) is 2.41. The van der Waals surface area contributed by atoms with Crippen molar-refractivity contribution in [1.29, 1.82) is 0 Å². The van der Waals surface area contributed by atoms with E-state index in [2.05, 4.69) is 0 Å². The summed E-state index contributed by atoms with van der Waals surface area (Å²) in [6, 6.07) is 10.5. The molecule has 0 aromatic heterocycles. The quantitative estimate of drug-likeness (QED) is 0.674. The van der Waals surface area contributed by atoms with Gasteiger partial charge in [-0.3, -0.25) is 4.79 Å². The Morgan fingerprint density at radius 1 is 1.10 bits per heavy atom. The topological polar surface area (TPSA) is 43.4 Å². The molecule has 2 aromatic carbocycles. The van der Waals surface area contributed by atoms with Crippen LogP contribution >= 0.6 is 11.6 Å². The van der Waals surface area contributed by atoms with Crippen molar-refractivity contribution in [3.8, 4) is 11.1 Å². The minimum Gasteiger partial charge on any atom is -0.462 e. The van der Waals surface area contributed by atoms with Crippen LogP contribution in [0.5, 0.6) is 0 Å². The van der Waals surface area contributed by atoms with Crippen LogP contribution in [0.3, 0.4) is 0 Å². The van der Waals surface area contributed by atoms with E-state index in [-0.39, 0.29) is 18.0 Å². The molecule has 100 valence electrons. The van der Waals surface area contributed by atoms with Gasteiger partial charge in [-0.1, -0.05) is 35.9 Å². The van der Waals surface area contributed by atoms with Crippen LogP contribution in [-0.2, 0) is 4.74 Å². The zero-order valence-corrected chi connectivity index (χ0v) is 11.5. The third kappa shape index (κ3) is 1.82. The Balaban J connectivity index is 2.17. The average Bonchev–Trinajstić information content (AvgIpc) is 2.72. The van der Waals surface area contributed by atoms with Crippen molar-refractivity contribution in [2.45, 2.75) is 6.92 Å². The number of rotatable bonds is 2. The lowest BCUT2D eigenvalue weighted by Crippen LogP contribution is -2.07. The summed E-state index contributed by atoms with van der Waals surface area (Å²) in [6.45, 7) is 1.99. The summed E-state index contributed by atoms with van der Waals surface area (Å²) in [6.07, 6.45) is 0. The summed E-state index contributed by atoms with van der Waals surface area (Å²) in [4.78, 5) is 24.2. The Kier molecular flexibility index (Phi) is 3.07. The van der Waals surface area contributed by atoms with E-state index in [9.17, 15) is 9.59 Å². The van der Waals surface area contributed by atoms with Crippen LogP contribution in [0, 0.1) is 0 Å². The highest BCUT2D eigenvalue weighted by Crippen LogP contribution is 2.39. The maximum Gasteiger partial charge on any atom is 0.339 e. The predicted molar refractivity (Wildman–Crippen MR) is 76.3 cm³/mol. The van der Waals surface area contributed by atoms with Gasteiger partial charge in [0.25, 0.3) is 0 Å². The summed E-state index contributed by atoms with van der Waals surface area (Å²) < 4.78 is 4.95. The third-order valence-electron chi connectivity index (χ3n) is 3.31. The first kappa shape index (κ1) is 12.9. The zero-order chi connectivity index (χ0) is 14.3. The molecular formula is C16H11ClO3. The molecule has 0 heterocycles. The van der Waals surface area contributed by atoms with Crippen LogP contribution in [0.4, 0.5) is 0 Å². The molecule has 3 nitrogen and oxygen atoms in total. The summed E-state index contributed by atoms with van der Waals surface area (Å²) in [5.41, 5.74) is 2.99. The number of fused-ring (bicyclic) bond motifs is 3. The Hall–Kier alpha value is -2.13. The van der Waals surface area contributed by atoms with Crippen molar-refractivity contribution < 1.29 is 14.3 Å². The molecule has 0 radical (unpaired) electrons. The van der Waals surface area contributed by atoms with E-state index in [1.165, 1.54) is 6.07 Å². The number of hydrogen-bond donors (Lipinski definition) is 0. The molecule has 0 N–H and O–H groups in total. The molecule has 4 heteroatoms. The van der Waals surface area contributed by atoms with Gasteiger partial charge in [-0.05, 0) is 30.2 Å². The molecule has 0 saturated heterocycles. The highest BCUT2D eigenvalue weighted by molar-refractivity contribution is 6.35. The van der Waals surface area contributed by atoms with Crippen LogP contribution in [0.15, 0.2) is 36.4 Å². The summed E-state index contributed by atoms with van der Waals surface area (Å²) in [7, 11) is 0. The standard InChI is InChI=1S/C16H11ClO3/c1-2-20-16(19)13-7-12-11(8-14(13)17)9-5-3-4-6-10(9)15(12)18/h3-8H,2H2,1H3. The van der Waals surface area contributed by atoms with Gasteiger partial charge < -0.3 is 4.74 Å². The monoisotopic (exact) mass is 286 g/mol. The Labute approximate surface area is 121 Å².